The molecule has 0 bridgehead atoms. The number of hydrogen-bond acceptors (Lipinski definition) is 3. The first-order valence-corrected chi connectivity index (χ1v) is 8.76. The highest BCUT2D eigenvalue weighted by atomic mass is 35.5. The lowest BCUT2D eigenvalue weighted by atomic mass is 9.94. The van der Waals surface area contributed by atoms with E-state index in [-0.39, 0.29) is 16.5 Å². The predicted octanol–water partition coefficient (Wildman–Crippen LogP) is 2.28. The minimum atomic E-state index is -0.855. The molecule has 25 heavy (non-hydrogen) atoms. The van der Waals surface area contributed by atoms with Crippen molar-refractivity contribution in [3.63, 3.8) is 0 Å². The van der Waals surface area contributed by atoms with Crippen molar-refractivity contribution in [2.75, 3.05) is 32.7 Å². The molecular formula is C17H21ClFN3O3. The first-order valence-electron chi connectivity index (χ1n) is 8.38. The van der Waals surface area contributed by atoms with Gasteiger partial charge in [0.15, 0.2) is 0 Å². The van der Waals surface area contributed by atoms with Crippen molar-refractivity contribution in [1.82, 2.24) is 15.1 Å². The zero-order valence-electron chi connectivity index (χ0n) is 13.8. The Kier molecular flexibility index (Phi) is 5.44. The van der Waals surface area contributed by atoms with E-state index in [4.69, 9.17) is 16.7 Å². The number of hydrogen-bond donors (Lipinski definition) is 2. The number of likely N-dealkylation sites (tertiary alicyclic amines) is 2. The van der Waals surface area contributed by atoms with Gasteiger partial charge in [0, 0.05) is 36.3 Å². The number of nitrogens with zero attached hydrogens (tertiary/aromatic N) is 2. The predicted molar refractivity (Wildman–Crippen MR) is 91.4 cm³/mol. The Morgan fingerprint density at radius 3 is 2.52 bits per heavy atom. The summed E-state index contributed by atoms with van der Waals surface area (Å²) in [4.78, 5) is 26.7. The van der Waals surface area contributed by atoms with Crippen LogP contribution in [0.5, 0.6) is 0 Å². The molecule has 2 N–H and O–H groups in total. The molecule has 0 saturated carbocycles. The van der Waals surface area contributed by atoms with Crippen molar-refractivity contribution in [1.29, 1.82) is 0 Å². The van der Waals surface area contributed by atoms with Gasteiger partial charge >= 0.3 is 6.09 Å². The summed E-state index contributed by atoms with van der Waals surface area (Å²) in [6, 6.07) is 4.11. The smallest absolute Gasteiger partial charge is 0.407 e. The van der Waals surface area contributed by atoms with E-state index in [2.05, 4.69) is 10.2 Å². The molecule has 2 saturated heterocycles. The van der Waals surface area contributed by atoms with Crippen molar-refractivity contribution in [3.8, 4) is 0 Å². The van der Waals surface area contributed by atoms with Crippen molar-refractivity contribution in [2.24, 2.45) is 5.92 Å². The molecule has 0 aromatic heterocycles. The van der Waals surface area contributed by atoms with Crippen molar-refractivity contribution < 1.29 is 19.1 Å². The van der Waals surface area contributed by atoms with Gasteiger partial charge in [-0.2, -0.15) is 0 Å². The number of carbonyl (C=O) groups is 2. The summed E-state index contributed by atoms with van der Waals surface area (Å²) in [7, 11) is 0. The second kappa shape index (κ2) is 7.58. The second-order valence-corrected chi connectivity index (χ2v) is 7.13. The minimum absolute atomic E-state index is 0.203. The molecule has 0 atom stereocenters. The van der Waals surface area contributed by atoms with Gasteiger partial charge in [-0.05, 0) is 50.0 Å². The van der Waals surface area contributed by atoms with Gasteiger partial charge in [0.05, 0.1) is 0 Å². The monoisotopic (exact) mass is 369 g/mol. The number of halogens is 2. The molecule has 0 unspecified atom stereocenters. The SMILES string of the molecule is O=C(NCC1CCN(C2CN(C(=O)O)C2)CC1)c1cc(F)cc(Cl)c1. The Morgan fingerprint density at radius 1 is 1.24 bits per heavy atom. The summed E-state index contributed by atoms with van der Waals surface area (Å²) < 4.78 is 13.3. The van der Waals surface area contributed by atoms with Gasteiger partial charge in [-0.1, -0.05) is 11.6 Å². The second-order valence-electron chi connectivity index (χ2n) is 6.69. The molecule has 136 valence electrons. The number of nitrogens with one attached hydrogen (secondary N) is 1. The maximum Gasteiger partial charge on any atom is 0.407 e. The van der Waals surface area contributed by atoms with Gasteiger partial charge in [-0.15, -0.1) is 0 Å². The number of benzene rings is 1. The Morgan fingerprint density at radius 2 is 1.92 bits per heavy atom. The van der Waals surface area contributed by atoms with E-state index in [1.54, 1.807) is 0 Å². The van der Waals surface area contributed by atoms with E-state index in [0.29, 0.717) is 31.6 Å². The van der Waals surface area contributed by atoms with Crippen molar-refractivity contribution >= 4 is 23.6 Å². The van der Waals surface area contributed by atoms with Crippen LogP contribution in [0.2, 0.25) is 5.02 Å². The molecule has 8 heteroatoms. The van der Waals surface area contributed by atoms with E-state index in [9.17, 15) is 14.0 Å². The number of piperidine rings is 1. The van der Waals surface area contributed by atoms with Gasteiger partial charge in [0.2, 0.25) is 0 Å². The average molecular weight is 370 g/mol. The van der Waals surface area contributed by atoms with Crippen LogP contribution < -0.4 is 5.32 Å². The summed E-state index contributed by atoms with van der Waals surface area (Å²) >= 11 is 5.77. The highest BCUT2D eigenvalue weighted by Crippen LogP contribution is 2.23. The molecule has 3 rings (SSSR count). The Balaban J connectivity index is 1.41. The fourth-order valence-electron chi connectivity index (χ4n) is 3.39. The van der Waals surface area contributed by atoms with Gasteiger partial charge < -0.3 is 15.3 Å². The summed E-state index contributed by atoms with van der Waals surface area (Å²) in [5.41, 5.74) is 0.227. The minimum Gasteiger partial charge on any atom is -0.465 e. The number of amides is 2. The quantitative estimate of drug-likeness (QED) is 0.854. The fourth-order valence-corrected chi connectivity index (χ4v) is 3.61. The zero-order valence-corrected chi connectivity index (χ0v) is 14.5. The molecule has 2 aliphatic rings. The van der Waals surface area contributed by atoms with Crippen LogP contribution in [-0.4, -0.2) is 65.7 Å². The molecule has 0 radical (unpaired) electrons. The highest BCUT2D eigenvalue weighted by molar-refractivity contribution is 6.31. The molecule has 2 heterocycles. The van der Waals surface area contributed by atoms with Crippen molar-refractivity contribution in [2.45, 2.75) is 18.9 Å². The maximum atomic E-state index is 13.3. The highest BCUT2D eigenvalue weighted by Gasteiger charge is 2.36. The number of carboxylic acid groups (broad SMARTS) is 1. The lowest BCUT2D eigenvalue weighted by Crippen LogP contribution is -2.62. The lowest BCUT2D eigenvalue weighted by Gasteiger charge is -2.46. The van der Waals surface area contributed by atoms with E-state index >= 15 is 0 Å². The fraction of sp³-hybridized carbons (Fsp3) is 0.529. The molecule has 0 aliphatic carbocycles. The Bertz CT molecular complexity index is 638. The Hall–Kier alpha value is -1.86. The average Bonchev–Trinajstić information content (AvgIpc) is 2.51. The standard InChI is InChI=1S/C17H21ClFN3O3/c18-13-5-12(6-14(19)7-13)16(23)20-8-11-1-3-21(4-2-11)15-9-22(10-15)17(24)25/h5-7,11,15H,1-4,8-10H2,(H,20,23)(H,24,25). The van der Waals surface area contributed by atoms with Gasteiger partial charge in [0.1, 0.15) is 5.82 Å². The molecule has 1 aromatic rings. The van der Waals surface area contributed by atoms with Crippen LogP contribution in [-0.2, 0) is 0 Å². The topological polar surface area (TPSA) is 72.9 Å². The molecular weight excluding hydrogens is 349 g/mol. The van der Waals surface area contributed by atoms with Crippen LogP contribution in [0.3, 0.4) is 0 Å². The largest absolute Gasteiger partial charge is 0.465 e. The Labute approximate surface area is 150 Å². The summed E-state index contributed by atoms with van der Waals surface area (Å²) in [5, 5.41) is 11.9. The van der Waals surface area contributed by atoms with Crippen molar-refractivity contribution in [3.05, 3.63) is 34.6 Å². The first-order chi connectivity index (χ1) is 11.9. The maximum absolute atomic E-state index is 13.3. The lowest BCUT2D eigenvalue weighted by molar-refractivity contribution is 0.0199. The van der Waals surface area contributed by atoms with E-state index in [1.807, 2.05) is 0 Å². The molecule has 2 amide bonds. The summed E-state index contributed by atoms with van der Waals surface area (Å²) in [5.74, 6) is -0.471. The van der Waals surface area contributed by atoms with Gasteiger partial charge in [-0.3, -0.25) is 9.69 Å². The molecule has 0 spiro atoms. The third-order valence-electron chi connectivity index (χ3n) is 4.97. The van der Waals surface area contributed by atoms with Crippen LogP contribution in [0.1, 0.15) is 23.2 Å². The zero-order chi connectivity index (χ0) is 18.0. The summed E-state index contributed by atoms with van der Waals surface area (Å²) in [6.45, 7) is 3.52. The molecule has 6 nitrogen and oxygen atoms in total. The third-order valence-corrected chi connectivity index (χ3v) is 5.19. The van der Waals surface area contributed by atoms with Gasteiger partial charge in [0.25, 0.3) is 5.91 Å². The van der Waals surface area contributed by atoms with Crippen LogP contribution in [0.15, 0.2) is 18.2 Å². The molecule has 1 aromatic carbocycles. The normalized spacial score (nSPS) is 19.5. The van der Waals surface area contributed by atoms with E-state index < -0.39 is 11.9 Å². The molecule has 2 fully saturated rings. The van der Waals surface area contributed by atoms with Crippen LogP contribution in [0, 0.1) is 11.7 Å². The number of rotatable bonds is 4. The number of carbonyl (C=O) groups excluding carboxylic acids is 1. The van der Waals surface area contributed by atoms with Gasteiger partial charge in [-0.25, -0.2) is 9.18 Å². The van der Waals surface area contributed by atoms with Crippen LogP contribution in [0.25, 0.3) is 0 Å². The van der Waals surface area contributed by atoms with E-state index in [0.717, 1.165) is 25.9 Å². The van der Waals surface area contributed by atoms with E-state index in [1.165, 1.54) is 23.1 Å². The molecule has 2 aliphatic heterocycles. The third kappa shape index (κ3) is 4.41. The van der Waals surface area contributed by atoms with Crippen LogP contribution >= 0.6 is 11.6 Å². The first kappa shape index (κ1) is 17.9. The summed E-state index contributed by atoms with van der Waals surface area (Å²) in [6.07, 6.45) is 1.05. The van der Waals surface area contributed by atoms with Crippen LogP contribution in [0.4, 0.5) is 9.18 Å².